The molecule has 5 nitrogen and oxygen atoms in total. The first-order valence-electron chi connectivity index (χ1n) is 8.04. The molecule has 0 aliphatic heterocycles. The number of benzene rings is 1. The van der Waals surface area contributed by atoms with E-state index in [4.69, 9.17) is 9.47 Å². The standard InChI is InChI=1S/C17H23F3N2O3/c1-4-12(3)21-16(25-11-10-24-5-2)22-15(23)13-6-8-14(9-7-13)17(18,19)20/h6-9,12H,4-5,10-11H2,1-3H3,(H,21,22,23)/t12-/m0/s1. The van der Waals surface area contributed by atoms with Gasteiger partial charge in [0.1, 0.15) is 6.61 Å². The zero-order valence-electron chi connectivity index (χ0n) is 14.5. The third-order valence-corrected chi connectivity index (χ3v) is 3.29. The highest BCUT2D eigenvalue weighted by atomic mass is 19.4. The van der Waals surface area contributed by atoms with Crippen molar-refractivity contribution in [2.75, 3.05) is 19.8 Å². The predicted octanol–water partition coefficient (Wildman–Crippen LogP) is 3.64. The maximum atomic E-state index is 12.6. The number of aliphatic imine (C=N–C) groups is 1. The van der Waals surface area contributed by atoms with E-state index >= 15 is 0 Å². The number of carbonyl (C=O) groups excluding carboxylic acids is 1. The molecule has 0 saturated heterocycles. The molecule has 0 bridgehead atoms. The molecule has 1 rings (SSSR count). The van der Waals surface area contributed by atoms with Crippen LogP contribution >= 0.6 is 0 Å². The van der Waals surface area contributed by atoms with E-state index in [1.54, 1.807) is 0 Å². The van der Waals surface area contributed by atoms with E-state index < -0.39 is 17.6 Å². The lowest BCUT2D eigenvalue weighted by Crippen LogP contribution is -2.34. The van der Waals surface area contributed by atoms with Crippen LogP contribution in [-0.2, 0) is 15.7 Å². The van der Waals surface area contributed by atoms with Crippen LogP contribution in [0.5, 0.6) is 0 Å². The topological polar surface area (TPSA) is 59.9 Å². The molecule has 1 atom stereocenters. The Morgan fingerprint density at radius 3 is 2.36 bits per heavy atom. The van der Waals surface area contributed by atoms with E-state index in [9.17, 15) is 18.0 Å². The highest BCUT2D eigenvalue weighted by Crippen LogP contribution is 2.29. The molecule has 0 aliphatic carbocycles. The minimum atomic E-state index is -4.44. The average molecular weight is 360 g/mol. The normalized spacial score (nSPS) is 13.4. The van der Waals surface area contributed by atoms with E-state index in [2.05, 4.69) is 10.3 Å². The van der Waals surface area contributed by atoms with Gasteiger partial charge in [0.05, 0.1) is 18.2 Å². The van der Waals surface area contributed by atoms with Crippen molar-refractivity contribution in [3.63, 3.8) is 0 Å². The summed E-state index contributed by atoms with van der Waals surface area (Å²) in [5, 5.41) is 2.49. The second-order valence-corrected chi connectivity index (χ2v) is 5.27. The smallest absolute Gasteiger partial charge is 0.416 e. The van der Waals surface area contributed by atoms with E-state index in [1.807, 2.05) is 20.8 Å². The largest absolute Gasteiger partial charge is 0.463 e. The highest BCUT2D eigenvalue weighted by Gasteiger charge is 2.30. The lowest BCUT2D eigenvalue weighted by atomic mass is 10.1. The van der Waals surface area contributed by atoms with Gasteiger partial charge in [0, 0.05) is 12.2 Å². The van der Waals surface area contributed by atoms with Gasteiger partial charge in [-0.05, 0) is 44.5 Å². The van der Waals surface area contributed by atoms with Gasteiger partial charge >= 0.3 is 6.18 Å². The molecule has 0 aliphatic rings. The highest BCUT2D eigenvalue weighted by molar-refractivity contribution is 6.04. The summed E-state index contributed by atoms with van der Waals surface area (Å²) in [6, 6.07) is 3.89. The van der Waals surface area contributed by atoms with E-state index in [-0.39, 0.29) is 24.2 Å². The Hall–Kier alpha value is -2.09. The monoisotopic (exact) mass is 360 g/mol. The maximum Gasteiger partial charge on any atom is 0.416 e. The Morgan fingerprint density at radius 1 is 1.20 bits per heavy atom. The minimum absolute atomic E-state index is 0.0268. The van der Waals surface area contributed by atoms with Crippen molar-refractivity contribution in [1.29, 1.82) is 0 Å². The number of amidine groups is 1. The van der Waals surface area contributed by atoms with Gasteiger partial charge in [-0.2, -0.15) is 13.2 Å². The van der Waals surface area contributed by atoms with Crippen LogP contribution in [0.1, 0.15) is 43.1 Å². The van der Waals surface area contributed by atoms with Crippen LogP contribution in [0.25, 0.3) is 0 Å². The number of hydrogen-bond donors (Lipinski definition) is 1. The molecule has 140 valence electrons. The second kappa shape index (κ2) is 10.0. The zero-order chi connectivity index (χ0) is 18.9. The summed E-state index contributed by atoms with van der Waals surface area (Å²) in [4.78, 5) is 16.4. The number of nitrogens with zero attached hydrogens (tertiary/aromatic N) is 1. The van der Waals surface area contributed by atoms with Crippen molar-refractivity contribution in [2.24, 2.45) is 4.99 Å². The van der Waals surface area contributed by atoms with Gasteiger partial charge < -0.3 is 9.47 Å². The van der Waals surface area contributed by atoms with Crippen LogP contribution < -0.4 is 5.32 Å². The predicted molar refractivity (Wildman–Crippen MR) is 88.5 cm³/mol. The van der Waals surface area contributed by atoms with Crippen molar-refractivity contribution in [3.8, 4) is 0 Å². The van der Waals surface area contributed by atoms with Gasteiger partial charge in [-0.15, -0.1) is 0 Å². The molecule has 0 spiro atoms. The van der Waals surface area contributed by atoms with Crippen molar-refractivity contribution in [1.82, 2.24) is 5.32 Å². The van der Waals surface area contributed by atoms with Crippen molar-refractivity contribution >= 4 is 11.9 Å². The van der Waals surface area contributed by atoms with Crippen LogP contribution in [0.3, 0.4) is 0 Å². The molecule has 1 aromatic rings. The average Bonchev–Trinajstić information content (AvgIpc) is 2.57. The molecule has 0 aromatic heterocycles. The molecule has 0 radical (unpaired) electrons. The van der Waals surface area contributed by atoms with Crippen molar-refractivity contribution in [2.45, 2.75) is 39.4 Å². The third-order valence-electron chi connectivity index (χ3n) is 3.29. The molecule has 0 heterocycles. The SMILES string of the molecule is CCOCCOC(=N[C@@H](C)CC)NC(=O)c1ccc(C(F)(F)F)cc1. The second-order valence-electron chi connectivity index (χ2n) is 5.27. The molecule has 0 unspecified atom stereocenters. The number of halogens is 3. The zero-order valence-corrected chi connectivity index (χ0v) is 14.5. The van der Waals surface area contributed by atoms with E-state index in [0.29, 0.717) is 13.2 Å². The fourth-order valence-electron chi connectivity index (χ4n) is 1.72. The first-order chi connectivity index (χ1) is 11.8. The van der Waals surface area contributed by atoms with Crippen LogP contribution in [0.4, 0.5) is 13.2 Å². The number of alkyl halides is 3. The number of carbonyl (C=O) groups is 1. The van der Waals surface area contributed by atoms with Crippen molar-refractivity contribution < 1.29 is 27.4 Å². The number of ether oxygens (including phenoxy) is 2. The van der Waals surface area contributed by atoms with Crippen LogP contribution in [0.15, 0.2) is 29.3 Å². The molecule has 25 heavy (non-hydrogen) atoms. The molecule has 1 N–H and O–H groups in total. The number of amides is 1. The van der Waals surface area contributed by atoms with Gasteiger partial charge in [0.2, 0.25) is 0 Å². The lowest BCUT2D eigenvalue weighted by Gasteiger charge is -2.13. The van der Waals surface area contributed by atoms with Gasteiger partial charge in [-0.3, -0.25) is 10.1 Å². The first-order valence-corrected chi connectivity index (χ1v) is 8.04. The molecule has 0 fully saturated rings. The van der Waals surface area contributed by atoms with Crippen LogP contribution in [0.2, 0.25) is 0 Å². The molecule has 1 aromatic carbocycles. The first kappa shape index (κ1) is 21.0. The summed E-state index contributed by atoms with van der Waals surface area (Å²) in [5.74, 6) is -0.591. The lowest BCUT2D eigenvalue weighted by molar-refractivity contribution is -0.137. The summed E-state index contributed by atoms with van der Waals surface area (Å²) in [6.07, 6.45) is -3.70. The molecule has 0 saturated carbocycles. The molecular weight excluding hydrogens is 337 g/mol. The molecular formula is C17H23F3N2O3. The third kappa shape index (κ3) is 7.55. The number of nitrogens with one attached hydrogen (secondary N) is 1. The fraction of sp³-hybridized carbons (Fsp3) is 0.529. The minimum Gasteiger partial charge on any atom is -0.463 e. The Labute approximate surface area is 145 Å². The Bertz CT molecular complexity index is 571. The van der Waals surface area contributed by atoms with Gasteiger partial charge in [-0.25, -0.2) is 4.99 Å². The summed E-state index contributed by atoms with van der Waals surface area (Å²) in [7, 11) is 0. The number of rotatable bonds is 7. The van der Waals surface area contributed by atoms with Gasteiger partial charge in [0.25, 0.3) is 11.9 Å². The molecule has 1 amide bonds. The van der Waals surface area contributed by atoms with Crippen molar-refractivity contribution in [3.05, 3.63) is 35.4 Å². The Morgan fingerprint density at radius 2 is 1.84 bits per heavy atom. The molecule has 8 heteroatoms. The van der Waals surface area contributed by atoms with E-state index in [1.165, 1.54) is 0 Å². The summed E-state index contributed by atoms with van der Waals surface area (Å²) >= 11 is 0. The summed E-state index contributed by atoms with van der Waals surface area (Å²) in [6.45, 7) is 6.72. The van der Waals surface area contributed by atoms with E-state index in [0.717, 1.165) is 30.7 Å². The van der Waals surface area contributed by atoms with Gasteiger partial charge in [0.15, 0.2) is 0 Å². The fourth-order valence-corrected chi connectivity index (χ4v) is 1.72. The Balaban J connectivity index is 2.77. The summed E-state index contributed by atoms with van der Waals surface area (Å²) in [5.41, 5.74) is -0.733. The summed E-state index contributed by atoms with van der Waals surface area (Å²) < 4.78 is 48.2. The quantitative estimate of drug-likeness (QED) is 0.459. The van der Waals surface area contributed by atoms with Crippen LogP contribution in [-0.4, -0.2) is 37.8 Å². The van der Waals surface area contributed by atoms with Gasteiger partial charge in [-0.1, -0.05) is 6.92 Å². The maximum absolute atomic E-state index is 12.6. The Kier molecular flexibility index (Phi) is 8.40. The van der Waals surface area contributed by atoms with Crippen LogP contribution in [0, 0.1) is 0 Å². The number of hydrogen-bond acceptors (Lipinski definition) is 4.